The van der Waals surface area contributed by atoms with Gasteiger partial charge in [0.25, 0.3) is 5.56 Å². The van der Waals surface area contributed by atoms with Gasteiger partial charge >= 0.3 is 0 Å². The van der Waals surface area contributed by atoms with Crippen molar-refractivity contribution in [3.8, 4) is 5.82 Å². The normalized spacial score (nSPS) is 21.4. The highest BCUT2D eigenvalue weighted by Crippen LogP contribution is 2.64. The second-order valence-corrected chi connectivity index (χ2v) is 11.8. The summed E-state index contributed by atoms with van der Waals surface area (Å²) in [5.41, 5.74) is 11.3. The Labute approximate surface area is 239 Å². The molecule has 1 atom stereocenters. The molecule has 10 nitrogen and oxygen atoms in total. The van der Waals surface area contributed by atoms with Crippen molar-refractivity contribution in [1.82, 2.24) is 29.2 Å². The van der Waals surface area contributed by atoms with Gasteiger partial charge in [-0.2, -0.15) is 4.98 Å². The van der Waals surface area contributed by atoms with Gasteiger partial charge in [0, 0.05) is 43.8 Å². The summed E-state index contributed by atoms with van der Waals surface area (Å²) < 4.78 is 3.40. The topological polar surface area (TPSA) is 110 Å². The third-order valence-electron chi connectivity index (χ3n) is 9.46. The van der Waals surface area contributed by atoms with Gasteiger partial charge in [-0.1, -0.05) is 19.1 Å². The van der Waals surface area contributed by atoms with Crippen LogP contribution in [0.2, 0.25) is 0 Å². The quantitative estimate of drug-likeness (QED) is 0.336. The van der Waals surface area contributed by atoms with E-state index in [-0.39, 0.29) is 11.0 Å². The Morgan fingerprint density at radius 1 is 1.07 bits per heavy atom. The van der Waals surface area contributed by atoms with E-state index in [1.54, 1.807) is 21.6 Å². The molecule has 3 N–H and O–H groups in total. The molecule has 2 aliphatic carbocycles. The average Bonchev–Trinajstić information content (AvgIpc) is 3.67. The lowest BCUT2D eigenvalue weighted by molar-refractivity contribution is 0.261. The fourth-order valence-electron chi connectivity index (χ4n) is 6.77. The molecule has 1 aliphatic heterocycles. The van der Waals surface area contributed by atoms with E-state index in [1.807, 2.05) is 18.2 Å². The first-order valence-corrected chi connectivity index (χ1v) is 14.6. The minimum atomic E-state index is -0.456. The van der Waals surface area contributed by atoms with Crippen LogP contribution in [0.5, 0.6) is 0 Å². The van der Waals surface area contributed by atoms with Gasteiger partial charge in [-0.3, -0.25) is 4.79 Å². The van der Waals surface area contributed by atoms with Crippen LogP contribution in [0.1, 0.15) is 37.4 Å². The minimum absolute atomic E-state index is 0.119. The van der Waals surface area contributed by atoms with Crippen molar-refractivity contribution in [3.63, 3.8) is 0 Å². The number of nitrogens with one attached hydrogen (secondary N) is 1. The first-order chi connectivity index (χ1) is 19.9. The van der Waals surface area contributed by atoms with Crippen LogP contribution in [0.3, 0.4) is 0 Å². The highest BCUT2D eigenvalue weighted by Gasteiger charge is 2.62. The molecule has 4 heterocycles. The molecular formula is C31H37N9O. The number of aromatic nitrogens is 5. The average molecular weight is 552 g/mol. The number of allylic oxidation sites excluding steroid dienone is 1. The number of pyridine rings is 1. The number of nitrogens with two attached hydrogens (primary N) is 1. The second kappa shape index (κ2) is 9.53. The lowest BCUT2D eigenvalue weighted by Crippen LogP contribution is -2.44. The van der Waals surface area contributed by atoms with E-state index < -0.39 is 5.54 Å². The van der Waals surface area contributed by atoms with Gasteiger partial charge in [0.1, 0.15) is 5.39 Å². The number of hydrogen-bond acceptors (Lipinski definition) is 8. The first-order valence-electron chi connectivity index (χ1n) is 14.6. The van der Waals surface area contributed by atoms with Crippen molar-refractivity contribution >= 4 is 28.4 Å². The molecule has 0 amide bonds. The zero-order chi connectivity index (χ0) is 28.4. The Morgan fingerprint density at radius 3 is 2.51 bits per heavy atom. The summed E-state index contributed by atoms with van der Waals surface area (Å²) in [6, 6.07) is 12.4. The van der Waals surface area contributed by atoms with Gasteiger partial charge in [0.05, 0.1) is 17.8 Å². The van der Waals surface area contributed by atoms with E-state index in [1.165, 1.54) is 11.3 Å². The molecule has 4 aromatic rings. The fourth-order valence-corrected chi connectivity index (χ4v) is 6.77. The summed E-state index contributed by atoms with van der Waals surface area (Å²) in [5, 5.41) is 3.75. The van der Waals surface area contributed by atoms with Gasteiger partial charge < -0.3 is 20.9 Å². The van der Waals surface area contributed by atoms with Crippen molar-refractivity contribution in [2.75, 3.05) is 43.4 Å². The number of hydrogen-bond donors (Lipinski definition) is 2. The summed E-state index contributed by atoms with van der Waals surface area (Å²) >= 11 is 0. The Balaban J connectivity index is 1.25. The van der Waals surface area contributed by atoms with Gasteiger partial charge in [-0.15, -0.1) is 6.58 Å². The highest BCUT2D eigenvalue weighted by atomic mass is 16.1. The van der Waals surface area contributed by atoms with Gasteiger partial charge in [-0.05, 0) is 74.0 Å². The fraction of sp³-hybridized carbons (Fsp3) is 0.419. The third-order valence-corrected chi connectivity index (χ3v) is 9.46. The minimum Gasteiger partial charge on any atom is -0.369 e. The predicted molar refractivity (Wildman–Crippen MR) is 162 cm³/mol. The largest absolute Gasteiger partial charge is 0.369 e. The SMILES string of the molecule is C=CCn1c(=O)c2cnc(Nc3ccc(N4CCN(C)CC4)cc3)nc2n1-c1ccc2c(n1)C(N)(CC)C1(CC1)C2. The van der Waals surface area contributed by atoms with Crippen LogP contribution in [0.15, 0.2) is 60.0 Å². The Morgan fingerprint density at radius 2 is 1.83 bits per heavy atom. The number of rotatable bonds is 7. The molecule has 41 heavy (non-hydrogen) atoms. The molecular weight excluding hydrogens is 514 g/mol. The van der Waals surface area contributed by atoms with Crippen molar-refractivity contribution < 1.29 is 0 Å². The third kappa shape index (κ3) is 4.07. The Kier molecular flexibility index (Phi) is 6.02. The van der Waals surface area contributed by atoms with Crippen LogP contribution >= 0.6 is 0 Å². The Hall–Kier alpha value is -4.02. The predicted octanol–water partition coefficient (Wildman–Crippen LogP) is 3.56. The van der Waals surface area contributed by atoms with Crippen molar-refractivity contribution in [3.05, 3.63) is 76.9 Å². The van der Waals surface area contributed by atoms with E-state index in [0.717, 1.165) is 63.2 Å². The van der Waals surface area contributed by atoms with Crippen LogP contribution in [0, 0.1) is 5.41 Å². The van der Waals surface area contributed by atoms with Crippen LogP contribution in [-0.2, 0) is 18.5 Å². The van der Waals surface area contributed by atoms with Crippen molar-refractivity contribution in [1.29, 1.82) is 0 Å². The van der Waals surface area contributed by atoms with Gasteiger partial charge in [-0.25, -0.2) is 19.3 Å². The summed E-state index contributed by atoms with van der Waals surface area (Å²) in [6.45, 7) is 10.5. The van der Waals surface area contributed by atoms with Gasteiger partial charge in [0.15, 0.2) is 11.5 Å². The maximum atomic E-state index is 13.5. The molecule has 3 aromatic heterocycles. The van der Waals surface area contributed by atoms with E-state index >= 15 is 0 Å². The smallest absolute Gasteiger partial charge is 0.278 e. The Bertz CT molecular complexity index is 1690. The lowest BCUT2D eigenvalue weighted by Gasteiger charge is -2.34. The monoisotopic (exact) mass is 551 g/mol. The zero-order valence-corrected chi connectivity index (χ0v) is 23.8. The molecule has 1 spiro atoms. The van der Waals surface area contributed by atoms with E-state index in [4.69, 9.17) is 15.7 Å². The van der Waals surface area contributed by atoms with E-state index in [2.05, 4.69) is 58.9 Å². The highest BCUT2D eigenvalue weighted by molar-refractivity contribution is 5.77. The first kappa shape index (κ1) is 25.9. The number of benzene rings is 1. The molecule has 3 aliphatic rings. The lowest BCUT2D eigenvalue weighted by atomic mass is 9.81. The standard InChI is InChI=1S/C31H37N9O/c1-4-14-39-28(41)24-20-33-29(34-22-7-9-23(10-8-22)38-17-15-37(3)16-18-38)36-27(24)40(39)25-11-6-21-19-30(12-13-30)31(32,5-2)26(21)35-25/h4,6-11,20H,1,5,12-19,32H2,2-3H3,(H,33,34,36). The van der Waals surface area contributed by atoms with Crippen LogP contribution in [-0.4, -0.2) is 62.4 Å². The molecule has 1 saturated heterocycles. The van der Waals surface area contributed by atoms with Crippen LogP contribution in [0.25, 0.3) is 16.9 Å². The number of nitrogens with zero attached hydrogens (tertiary/aromatic N) is 7. The van der Waals surface area contributed by atoms with Crippen molar-refractivity contribution in [2.45, 2.75) is 44.7 Å². The maximum absolute atomic E-state index is 13.5. The van der Waals surface area contributed by atoms with Crippen molar-refractivity contribution in [2.24, 2.45) is 11.1 Å². The number of fused-ring (bicyclic) bond motifs is 2. The molecule has 212 valence electrons. The van der Waals surface area contributed by atoms with Crippen LogP contribution < -0.4 is 21.5 Å². The second-order valence-electron chi connectivity index (χ2n) is 11.8. The van der Waals surface area contributed by atoms with Gasteiger partial charge in [0.2, 0.25) is 5.95 Å². The number of likely N-dealkylation sites (N-methyl/N-ethyl adjacent to an activating group) is 1. The molecule has 1 saturated carbocycles. The summed E-state index contributed by atoms with van der Waals surface area (Å²) in [7, 11) is 2.16. The number of piperazine rings is 1. The zero-order valence-electron chi connectivity index (χ0n) is 23.8. The molecule has 10 heteroatoms. The molecule has 1 aromatic carbocycles. The van der Waals surface area contributed by atoms with Crippen LogP contribution in [0.4, 0.5) is 17.3 Å². The molecule has 1 unspecified atom stereocenters. The summed E-state index contributed by atoms with van der Waals surface area (Å²) in [4.78, 5) is 32.6. The maximum Gasteiger partial charge on any atom is 0.278 e. The molecule has 2 fully saturated rings. The summed E-state index contributed by atoms with van der Waals surface area (Å²) in [5.74, 6) is 1.04. The van der Waals surface area contributed by atoms with E-state index in [0.29, 0.717) is 29.3 Å². The molecule has 7 rings (SSSR count). The number of anilines is 3. The summed E-state index contributed by atoms with van der Waals surface area (Å²) in [6.07, 6.45) is 7.36. The molecule has 0 radical (unpaired) electrons. The molecule has 0 bridgehead atoms. The van der Waals surface area contributed by atoms with E-state index in [9.17, 15) is 4.79 Å².